The van der Waals surface area contributed by atoms with E-state index in [1.807, 2.05) is 45.9 Å². The average molecular weight is 249 g/mol. The van der Waals surface area contributed by atoms with E-state index in [-0.39, 0.29) is 5.97 Å². The summed E-state index contributed by atoms with van der Waals surface area (Å²) in [5.74, 6) is -0.183. The lowest BCUT2D eigenvalue weighted by Gasteiger charge is -2.24. The lowest BCUT2D eigenvalue weighted by atomic mass is 9.98. The Kier molecular flexibility index (Phi) is 5.35. The molecule has 0 aliphatic carbocycles. The third-order valence-electron chi connectivity index (χ3n) is 2.67. The van der Waals surface area contributed by atoms with Crippen LogP contribution in [0.4, 0.5) is 0 Å². The summed E-state index contributed by atoms with van der Waals surface area (Å²) in [6.07, 6.45) is 0.881. The SMILES string of the molecule is CCN(CCc1ccccc1)OC(=O)C(C)(C)C. The summed E-state index contributed by atoms with van der Waals surface area (Å²) in [4.78, 5) is 17.2. The van der Waals surface area contributed by atoms with Crippen LogP contribution in [0, 0.1) is 5.41 Å². The molecule has 100 valence electrons. The third-order valence-corrected chi connectivity index (χ3v) is 2.67. The Hall–Kier alpha value is -1.35. The maximum absolute atomic E-state index is 11.8. The van der Waals surface area contributed by atoms with Crippen molar-refractivity contribution in [3.63, 3.8) is 0 Å². The fourth-order valence-corrected chi connectivity index (χ4v) is 1.42. The van der Waals surface area contributed by atoms with Crippen molar-refractivity contribution in [3.8, 4) is 0 Å². The van der Waals surface area contributed by atoms with Gasteiger partial charge in [0.25, 0.3) is 0 Å². The number of rotatable bonds is 5. The van der Waals surface area contributed by atoms with Crippen LogP contribution in [0.5, 0.6) is 0 Å². The molecule has 18 heavy (non-hydrogen) atoms. The molecule has 0 N–H and O–H groups in total. The van der Waals surface area contributed by atoms with Gasteiger partial charge in [0.15, 0.2) is 0 Å². The standard InChI is InChI=1S/C15H23NO2/c1-5-16(18-14(17)15(2,3)4)12-11-13-9-7-6-8-10-13/h6-10H,5,11-12H2,1-4H3. The zero-order valence-corrected chi connectivity index (χ0v) is 11.8. The van der Waals surface area contributed by atoms with Crippen molar-refractivity contribution in [1.82, 2.24) is 5.06 Å². The summed E-state index contributed by atoms with van der Waals surface area (Å²) in [5, 5.41) is 1.72. The molecule has 0 atom stereocenters. The van der Waals surface area contributed by atoms with Crippen LogP contribution in [0.3, 0.4) is 0 Å². The molecule has 0 aromatic heterocycles. The first-order valence-corrected chi connectivity index (χ1v) is 6.44. The molecule has 0 fully saturated rings. The smallest absolute Gasteiger partial charge is 0.330 e. The molecule has 1 aromatic carbocycles. The third kappa shape index (κ3) is 4.88. The number of likely N-dealkylation sites (N-methyl/N-ethyl adjacent to an activating group) is 1. The molecule has 0 radical (unpaired) electrons. The van der Waals surface area contributed by atoms with Crippen molar-refractivity contribution < 1.29 is 9.63 Å². The topological polar surface area (TPSA) is 29.5 Å². The maximum atomic E-state index is 11.8. The number of hydroxylamine groups is 2. The van der Waals surface area contributed by atoms with E-state index >= 15 is 0 Å². The minimum atomic E-state index is -0.458. The predicted octanol–water partition coefficient (Wildman–Crippen LogP) is 3.06. The van der Waals surface area contributed by atoms with Crippen molar-refractivity contribution >= 4 is 5.97 Å². The highest BCUT2D eigenvalue weighted by molar-refractivity contribution is 5.75. The molecular formula is C15H23NO2. The minimum absolute atomic E-state index is 0.183. The van der Waals surface area contributed by atoms with Crippen molar-refractivity contribution in [2.75, 3.05) is 13.1 Å². The largest absolute Gasteiger partial charge is 0.367 e. The Balaban J connectivity index is 2.46. The zero-order valence-electron chi connectivity index (χ0n) is 11.8. The van der Waals surface area contributed by atoms with Gasteiger partial charge >= 0.3 is 5.97 Å². The van der Waals surface area contributed by atoms with Crippen LogP contribution in [0.25, 0.3) is 0 Å². The first-order chi connectivity index (χ1) is 8.43. The Morgan fingerprint density at radius 3 is 2.33 bits per heavy atom. The van der Waals surface area contributed by atoms with Gasteiger partial charge in [-0.3, -0.25) is 0 Å². The molecular weight excluding hydrogens is 226 g/mol. The first-order valence-electron chi connectivity index (χ1n) is 6.44. The normalized spacial score (nSPS) is 11.6. The lowest BCUT2D eigenvalue weighted by molar-refractivity contribution is -0.199. The van der Waals surface area contributed by atoms with Gasteiger partial charge in [-0.25, -0.2) is 4.79 Å². The first kappa shape index (κ1) is 14.7. The van der Waals surface area contributed by atoms with E-state index in [4.69, 9.17) is 4.84 Å². The van der Waals surface area contributed by atoms with E-state index in [0.29, 0.717) is 6.54 Å². The molecule has 3 nitrogen and oxygen atoms in total. The maximum Gasteiger partial charge on any atom is 0.330 e. The van der Waals surface area contributed by atoms with Crippen molar-refractivity contribution in [2.45, 2.75) is 34.1 Å². The van der Waals surface area contributed by atoms with Crippen LogP contribution in [-0.2, 0) is 16.1 Å². The number of carbonyl (C=O) groups is 1. The molecule has 1 aromatic rings. The van der Waals surface area contributed by atoms with E-state index < -0.39 is 5.41 Å². The average Bonchev–Trinajstić information content (AvgIpc) is 2.34. The number of hydrogen-bond donors (Lipinski definition) is 0. The van der Waals surface area contributed by atoms with Gasteiger partial charge in [0.05, 0.1) is 5.41 Å². The molecule has 0 bridgehead atoms. The summed E-state index contributed by atoms with van der Waals surface area (Å²) < 4.78 is 0. The summed E-state index contributed by atoms with van der Waals surface area (Å²) >= 11 is 0. The number of hydrogen-bond acceptors (Lipinski definition) is 3. The molecule has 0 heterocycles. The van der Waals surface area contributed by atoms with Gasteiger partial charge in [0.2, 0.25) is 0 Å². The van der Waals surface area contributed by atoms with Crippen LogP contribution in [-0.4, -0.2) is 24.1 Å². The van der Waals surface area contributed by atoms with E-state index in [0.717, 1.165) is 13.0 Å². The van der Waals surface area contributed by atoms with Gasteiger partial charge in [-0.1, -0.05) is 30.3 Å². The lowest BCUT2D eigenvalue weighted by Crippen LogP contribution is -2.34. The van der Waals surface area contributed by atoms with Gasteiger partial charge in [0, 0.05) is 13.1 Å². The van der Waals surface area contributed by atoms with E-state index in [9.17, 15) is 4.79 Å². The Bertz CT molecular complexity index is 368. The highest BCUT2D eigenvalue weighted by Gasteiger charge is 2.25. The summed E-state index contributed by atoms with van der Waals surface area (Å²) in [7, 11) is 0. The van der Waals surface area contributed by atoms with E-state index in [1.165, 1.54) is 5.56 Å². The van der Waals surface area contributed by atoms with Crippen LogP contribution < -0.4 is 0 Å². The van der Waals surface area contributed by atoms with Crippen molar-refractivity contribution in [3.05, 3.63) is 35.9 Å². The summed E-state index contributed by atoms with van der Waals surface area (Å²) in [6.45, 7) is 9.00. The molecule has 3 heteroatoms. The van der Waals surface area contributed by atoms with Gasteiger partial charge in [-0.2, -0.15) is 0 Å². The molecule has 0 amide bonds. The zero-order chi connectivity index (χ0) is 13.6. The fraction of sp³-hybridized carbons (Fsp3) is 0.533. The second-order valence-electron chi connectivity index (χ2n) is 5.39. The Morgan fingerprint density at radius 2 is 1.83 bits per heavy atom. The molecule has 1 rings (SSSR count). The van der Waals surface area contributed by atoms with E-state index in [2.05, 4.69) is 12.1 Å². The quantitative estimate of drug-likeness (QED) is 0.751. The van der Waals surface area contributed by atoms with Crippen LogP contribution in [0.1, 0.15) is 33.3 Å². The van der Waals surface area contributed by atoms with Gasteiger partial charge in [0.1, 0.15) is 0 Å². The highest BCUT2D eigenvalue weighted by atomic mass is 16.7. The number of benzene rings is 1. The molecule has 0 spiro atoms. The monoisotopic (exact) mass is 249 g/mol. The summed E-state index contributed by atoms with van der Waals surface area (Å²) in [6, 6.07) is 10.2. The van der Waals surface area contributed by atoms with Crippen molar-refractivity contribution in [1.29, 1.82) is 0 Å². The second kappa shape index (κ2) is 6.55. The number of carbonyl (C=O) groups excluding carboxylic acids is 1. The van der Waals surface area contributed by atoms with Crippen molar-refractivity contribution in [2.24, 2.45) is 5.41 Å². The molecule has 0 saturated heterocycles. The van der Waals surface area contributed by atoms with Crippen LogP contribution in [0.15, 0.2) is 30.3 Å². The Morgan fingerprint density at radius 1 is 1.22 bits per heavy atom. The molecule has 0 aliphatic heterocycles. The second-order valence-corrected chi connectivity index (χ2v) is 5.39. The van der Waals surface area contributed by atoms with Gasteiger partial charge in [-0.15, -0.1) is 5.06 Å². The highest BCUT2D eigenvalue weighted by Crippen LogP contribution is 2.16. The van der Waals surface area contributed by atoms with Crippen LogP contribution in [0.2, 0.25) is 0 Å². The molecule has 0 unspecified atom stereocenters. The van der Waals surface area contributed by atoms with E-state index in [1.54, 1.807) is 5.06 Å². The van der Waals surface area contributed by atoms with Crippen LogP contribution >= 0.6 is 0 Å². The number of nitrogens with zero attached hydrogens (tertiary/aromatic N) is 1. The predicted molar refractivity (Wildman–Crippen MR) is 72.9 cm³/mol. The van der Waals surface area contributed by atoms with Gasteiger partial charge in [-0.05, 0) is 39.7 Å². The summed E-state index contributed by atoms with van der Waals surface area (Å²) in [5.41, 5.74) is 0.794. The molecule has 0 aliphatic rings. The van der Waals surface area contributed by atoms with Gasteiger partial charge < -0.3 is 4.84 Å². The Labute approximate surface area is 110 Å². The molecule has 0 saturated carbocycles. The minimum Gasteiger partial charge on any atom is -0.367 e. The fourth-order valence-electron chi connectivity index (χ4n) is 1.42.